The van der Waals surface area contributed by atoms with Gasteiger partial charge in [-0.05, 0) is 80.1 Å². The molecule has 3 fully saturated rings. The average molecular weight is 879 g/mol. The number of fused-ring (bicyclic) bond motifs is 4. The molecule has 0 aliphatic carbocycles. The van der Waals surface area contributed by atoms with Crippen LogP contribution in [-0.4, -0.2) is 111 Å². The van der Waals surface area contributed by atoms with Crippen LogP contribution in [0, 0.1) is 12.8 Å². The second-order valence-electron chi connectivity index (χ2n) is 18.8. The van der Waals surface area contributed by atoms with Crippen LogP contribution in [0.25, 0.3) is 33.5 Å². The van der Waals surface area contributed by atoms with Gasteiger partial charge < -0.3 is 29.4 Å². The number of amides is 4. The maximum Gasteiger partial charge on any atom is 0.328 e. The molecule has 0 unspecified atom stereocenters. The van der Waals surface area contributed by atoms with Gasteiger partial charge in [0.15, 0.2) is 5.82 Å². The molecular formula is C48H54N12O5. The zero-order valence-corrected chi connectivity index (χ0v) is 37.4. The van der Waals surface area contributed by atoms with Crippen LogP contribution in [-0.2, 0) is 10.2 Å². The zero-order valence-electron chi connectivity index (χ0n) is 37.4. The van der Waals surface area contributed by atoms with Crippen molar-refractivity contribution in [3.05, 3.63) is 90.0 Å². The molecule has 3 atom stereocenters. The lowest BCUT2D eigenvalue weighted by atomic mass is 9.89. The van der Waals surface area contributed by atoms with E-state index in [1.165, 1.54) is 0 Å². The molecule has 17 nitrogen and oxygen atoms in total. The van der Waals surface area contributed by atoms with Crippen molar-refractivity contribution in [3.8, 4) is 28.3 Å². The molecule has 0 bridgehead atoms. The molecule has 8 heterocycles. The molecule has 4 aliphatic rings. The van der Waals surface area contributed by atoms with Crippen molar-refractivity contribution < 1.29 is 23.6 Å². The number of piperazine rings is 1. The fourth-order valence-electron chi connectivity index (χ4n) is 9.64. The Morgan fingerprint density at radius 1 is 0.954 bits per heavy atom. The number of anilines is 3. The number of aryl methyl sites for hydroxylation is 1. The number of imide groups is 1. The van der Waals surface area contributed by atoms with Crippen molar-refractivity contribution >= 4 is 46.1 Å². The lowest BCUT2D eigenvalue weighted by Gasteiger charge is -2.46. The Kier molecular flexibility index (Phi) is 11.0. The summed E-state index contributed by atoms with van der Waals surface area (Å²) in [5.74, 6) is 2.15. The van der Waals surface area contributed by atoms with Crippen LogP contribution in [0.15, 0.2) is 71.6 Å². The average Bonchev–Trinajstić information content (AvgIpc) is 3.99. The summed E-state index contributed by atoms with van der Waals surface area (Å²) < 4.78 is 11.5. The number of H-pyrrole nitrogens is 1. The maximum atomic E-state index is 13.0. The molecule has 3 N–H and O–H groups in total. The van der Waals surface area contributed by atoms with Crippen LogP contribution in [0.1, 0.15) is 80.6 Å². The van der Waals surface area contributed by atoms with Crippen LogP contribution in [0.4, 0.5) is 22.0 Å². The summed E-state index contributed by atoms with van der Waals surface area (Å²) in [5, 5.41) is 10.3. The molecule has 3 saturated heterocycles. The first-order chi connectivity index (χ1) is 31.3. The molecule has 17 heteroatoms. The monoisotopic (exact) mass is 878 g/mol. The summed E-state index contributed by atoms with van der Waals surface area (Å²) >= 11 is 0. The SMILES string of the molecule is Cc1cc(-c2ncnc3[nH]c(-c4ccc(N5CCN(C[C@H]6CCN7c8ccc(N9CCC(=O)NC9=O)cc8OC[C@H]7C6)CC5)nc4)cc23)ccc1[C@@H](C)NC(=O)c1nc(C(C)(C)C)no1. The van der Waals surface area contributed by atoms with E-state index in [2.05, 4.69) is 75.8 Å². The van der Waals surface area contributed by atoms with E-state index in [4.69, 9.17) is 19.2 Å². The third kappa shape index (κ3) is 8.47. The number of pyridine rings is 1. The van der Waals surface area contributed by atoms with Gasteiger partial charge >= 0.3 is 17.8 Å². The highest BCUT2D eigenvalue weighted by Gasteiger charge is 2.36. The van der Waals surface area contributed by atoms with Gasteiger partial charge in [0.1, 0.15) is 30.1 Å². The number of carbonyl (C=O) groups excluding carboxylic acids is 3. The number of ether oxygens (including phenoxy) is 1. The van der Waals surface area contributed by atoms with Gasteiger partial charge in [-0.3, -0.25) is 24.7 Å². The van der Waals surface area contributed by atoms with Crippen LogP contribution >= 0.6 is 0 Å². The number of urea groups is 1. The molecule has 4 amide bonds. The van der Waals surface area contributed by atoms with Gasteiger partial charge in [-0.15, -0.1) is 0 Å². The van der Waals surface area contributed by atoms with Crippen molar-refractivity contribution in [1.29, 1.82) is 0 Å². The summed E-state index contributed by atoms with van der Waals surface area (Å²) in [5.41, 5.74) is 7.87. The highest BCUT2D eigenvalue weighted by atomic mass is 16.5. The first-order valence-electron chi connectivity index (χ1n) is 22.5. The zero-order chi connectivity index (χ0) is 45.0. The summed E-state index contributed by atoms with van der Waals surface area (Å²) in [6, 6.07) is 18.0. The quantitative estimate of drug-likeness (QED) is 0.145. The predicted octanol–water partition coefficient (Wildman–Crippen LogP) is 6.41. The van der Waals surface area contributed by atoms with Crippen molar-refractivity contribution in [2.45, 2.75) is 71.4 Å². The van der Waals surface area contributed by atoms with E-state index in [-0.39, 0.29) is 29.3 Å². The van der Waals surface area contributed by atoms with E-state index in [0.717, 1.165) is 120 Å². The number of rotatable bonds is 9. The predicted molar refractivity (Wildman–Crippen MR) is 246 cm³/mol. The van der Waals surface area contributed by atoms with Crippen molar-refractivity contribution in [2.24, 2.45) is 5.92 Å². The Hall–Kier alpha value is -6.88. The molecule has 4 aliphatic heterocycles. The van der Waals surface area contributed by atoms with E-state index in [0.29, 0.717) is 37.4 Å². The molecule has 10 rings (SSSR count). The molecule has 0 spiro atoms. The van der Waals surface area contributed by atoms with Crippen LogP contribution in [0.3, 0.4) is 0 Å². The molecule has 4 aromatic heterocycles. The maximum absolute atomic E-state index is 13.0. The minimum absolute atomic E-state index is 0.0516. The van der Waals surface area contributed by atoms with E-state index in [1.807, 2.05) is 65.1 Å². The third-order valence-corrected chi connectivity index (χ3v) is 13.2. The first kappa shape index (κ1) is 42.1. The highest BCUT2D eigenvalue weighted by Crippen LogP contribution is 2.41. The topological polar surface area (TPSA) is 191 Å². The number of carbonyl (C=O) groups is 3. The molecule has 0 radical (unpaired) electrons. The van der Waals surface area contributed by atoms with Crippen LogP contribution in [0.2, 0.25) is 0 Å². The Morgan fingerprint density at radius 3 is 2.54 bits per heavy atom. The Bertz CT molecular complexity index is 2770. The van der Waals surface area contributed by atoms with E-state index >= 15 is 0 Å². The van der Waals surface area contributed by atoms with Gasteiger partial charge in [-0.2, -0.15) is 4.98 Å². The van der Waals surface area contributed by atoms with Crippen molar-refractivity contribution in [3.63, 3.8) is 0 Å². The number of nitrogens with one attached hydrogen (secondary N) is 3. The number of piperidine rings is 1. The summed E-state index contributed by atoms with van der Waals surface area (Å²) in [7, 11) is 0. The third-order valence-electron chi connectivity index (χ3n) is 13.2. The number of hydrogen-bond donors (Lipinski definition) is 3. The number of aromatic nitrogens is 6. The lowest BCUT2D eigenvalue weighted by Crippen LogP contribution is -2.52. The largest absolute Gasteiger partial charge is 0.489 e. The van der Waals surface area contributed by atoms with Gasteiger partial charge in [-0.1, -0.05) is 38.1 Å². The van der Waals surface area contributed by atoms with Gasteiger partial charge in [0.05, 0.1) is 23.5 Å². The van der Waals surface area contributed by atoms with E-state index in [9.17, 15) is 14.4 Å². The number of hydrogen-bond acceptors (Lipinski definition) is 13. The van der Waals surface area contributed by atoms with Gasteiger partial charge in [0, 0.05) is 97.8 Å². The molecule has 336 valence electrons. The fraction of sp³-hybridized carbons (Fsp3) is 0.417. The highest BCUT2D eigenvalue weighted by molar-refractivity contribution is 6.05. The Labute approximate surface area is 377 Å². The molecule has 2 aromatic carbocycles. The Balaban J connectivity index is 0.730. The standard InChI is InChI=1S/C48H54N12O5/c1-28-20-31(6-9-35(28)29(2)52-44(62)45-55-46(56-65-45)48(3,4)5)42-36-23-37(53-43(36)51-27-50-42)32-7-11-40(49-24-32)58-18-16-57(17-19-58)25-30-12-14-59-34(21-30)26-64-39-22-33(8-10-38(39)59)60-15-13-41(61)54-47(60)63/h6-11,20,22-24,27,29-30,34H,12-19,21,25-26H2,1-5H3,(H,52,62)(H,50,51,53)(H,54,61,63)/t29-,30+,34-/m1/s1. The lowest BCUT2D eigenvalue weighted by molar-refractivity contribution is -0.120. The fourth-order valence-corrected chi connectivity index (χ4v) is 9.64. The van der Waals surface area contributed by atoms with Crippen LogP contribution in [0.5, 0.6) is 5.75 Å². The second-order valence-corrected chi connectivity index (χ2v) is 18.8. The Morgan fingerprint density at radius 2 is 1.78 bits per heavy atom. The first-order valence-corrected chi connectivity index (χ1v) is 22.5. The van der Waals surface area contributed by atoms with E-state index in [1.54, 1.807) is 11.2 Å². The minimum Gasteiger partial charge on any atom is -0.489 e. The second kappa shape index (κ2) is 16.9. The van der Waals surface area contributed by atoms with Crippen molar-refractivity contribution in [1.82, 2.24) is 45.6 Å². The minimum atomic E-state index is -0.413. The number of benzene rings is 2. The van der Waals surface area contributed by atoms with Crippen molar-refractivity contribution in [2.75, 3.05) is 67.1 Å². The summed E-state index contributed by atoms with van der Waals surface area (Å²) in [6.07, 6.45) is 6.00. The molecular weight excluding hydrogens is 825 g/mol. The molecule has 6 aromatic rings. The van der Waals surface area contributed by atoms with Gasteiger partial charge in [0.25, 0.3) is 0 Å². The van der Waals surface area contributed by atoms with Gasteiger partial charge in [-0.25, -0.2) is 19.7 Å². The normalized spacial score (nSPS) is 19.7. The molecule has 65 heavy (non-hydrogen) atoms. The smallest absolute Gasteiger partial charge is 0.328 e. The number of nitrogens with zero attached hydrogens (tertiary/aromatic N) is 9. The van der Waals surface area contributed by atoms with Crippen LogP contribution < -0.4 is 30.1 Å². The number of aromatic amines is 1. The van der Waals surface area contributed by atoms with E-state index < -0.39 is 5.91 Å². The summed E-state index contributed by atoms with van der Waals surface area (Å²) in [4.78, 5) is 68.0. The van der Waals surface area contributed by atoms with Gasteiger partial charge in [0.2, 0.25) is 5.91 Å². The molecule has 0 saturated carbocycles. The summed E-state index contributed by atoms with van der Waals surface area (Å²) in [6.45, 7) is 16.7.